The van der Waals surface area contributed by atoms with Gasteiger partial charge in [-0.25, -0.2) is 34.3 Å². The fourth-order valence-corrected chi connectivity index (χ4v) is 8.28. The number of anilines is 6. The number of fused-ring (bicyclic) bond motifs is 8. The third kappa shape index (κ3) is 12.0. The molecule has 4 aliphatic heterocycles. The van der Waals surface area contributed by atoms with Gasteiger partial charge >= 0.3 is 30.5 Å². The van der Waals surface area contributed by atoms with E-state index >= 15 is 0 Å². The molecule has 2 fully saturated rings. The van der Waals surface area contributed by atoms with Crippen LogP contribution in [0.5, 0.6) is 0 Å². The lowest BCUT2D eigenvalue weighted by Gasteiger charge is -2.35. The van der Waals surface area contributed by atoms with E-state index in [2.05, 4.69) is 35.9 Å². The Hall–Kier alpha value is -7.11. The molecule has 4 aromatic heterocycles. The number of Topliss-reactive ketones (excluding diaryl/α,β-unsaturated/α-hetero) is 2. The molecular formula is C45H50F6N12O6. The molecule has 69 heavy (non-hydrogen) atoms. The fraction of sp³-hybridized carbons (Fsp3) is 0.444. The fourth-order valence-electron chi connectivity index (χ4n) is 8.28. The molecule has 368 valence electrons. The number of alkyl carbamates (subject to hydrolysis) is 1. The highest BCUT2D eigenvalue weighted by Crippen LogP contribution is 2.41. The van der Waals surface area contributed by atoms with Crippen LogP contribution in [-0.2, 0) is 4.74 Å². The number of urea groups is 2. The van der Waals surface area contributed by atoms with Gasteiger partial charge in [-0.05, 0) is 82.1 Å². The Morgan fingerprint density at radius 3 is 1.52 bits per heavy atom. The number of rotatable bonds is 11. The number of nitrogens with one attached hydrogen (secondary N) is 3. The lowest BCUT2D eigenvalue weighted by Crippen LogP contribution is -2.48. The molecule has 4 atom stereocenters. The van der Waals surface area contributed by atoms with Gasteiger partial charge in [0.25, 0.3) is 0 Å². The number of hydrogen-bond acceptors (Lipinski definition) is 13. The summed E-state index contributed by atoms with van der Waals surface area (Å²) in [6.07, 6.45) is -7.61. The maximum atomic E-state index is 13.7. The van der Waals surface area contributed by atoms with Gasteiger partial charge in [-0.15, -0.1) is 0 Å². The Morgan fingerprint density at radius 2 is 1.13 bits per heavy atom. The molecule has 0 saturated carbocycles. The van der Waals surface area contributed by atoms with Crippen molar-refractivity contribution in [3.63, 3.8) is 0 Å². The molecule has 8 heterocycles. The van der Waals surface area contributed by atoms with Crippen molar-refractivity contribution >= 4 is 64.4 Å². The number of carbonyl (C=O) groups excluding carboxylic acids is 5. The molecular weight excluding hydrogens is 919 g/mol. The zero-order valence-electron chi connectivity index (χ0n) is 37.7. The third-order valence-corrected chi connectivity index (χ3v) is 11.7. The van der Waals surface area contributed by atoms with Gasteiger partial charge in [-0.3, -0.25) is 30.0 Å². The molecule has 2 saturated heterocycles. The molecule has 5 amide bonds. The quantitative estimate of drug-likeness (QED) is 0.0864. The smallest absolute Gasteiger partial charge is 0.407 e. The molecule has 4 aliphatic rings. The molecule has 0 aliphatic carbocycles. The van der Waals surface area contributed by atoms with Crippen molar-refractivity contribution in [2.45, 2.75) is 76.5 Å². The highest BCUT2D eigenvalue weighted by atomic mass is 19.4. The largest absolute Gasteiger partial charge is 0.444 e. The number of carbonyl (C=O) groups is 5. The van der Waals surface area contributed by atoms with Crippen LogP contribution in [-0.4, -0.2) is 119 Å². The first-order valence-corrected chi connectivity index (χ1v) is 22.0. The van der Waals surface area contributed by atoms with E-state index in [-0.39, 0.29) is 35.1 Å². The second-order valence-electron chi connectivity index (χ2n) is 17.7. The Kier molecular flexibility index (Phi) is 14.6. The summed E-state index contributed by atoms with van der Waals surface area (Å²) in [5.74, 6) is -4.58. The zero-order chi connectivity index (χ0) is 49.8. The minimum Gasteiger partial charge on any atom is -0.444 e. The van der Waals surface area contributed by atoms with E-state index < -0.39 is 85.4 Å². The Morgan fingerprint density at radius 1 is 0.681 bits per heavy atom. The van der Waals surface area contributed by atoms with E-state index in [4.69, 9.17) is 10.5 Å². The van der Waals surface area contributed by atoms with Crippen molar-refractivity contribution in [1.82, 2.24) is 25.3 Å². The third-order valence-electron chi connectivity index (χ3n) is 11.7. The van der Waals surface area contributed by atoms with Crippen molar-refractivity contribution in [2.24, 2.45) is 17.6 Å². The number of ether oxygens (including phenoxy) is 1. The Balaban J connectivity index is 0.000000208. The minimum atomic E-state index is -4.75. The lowest BCUT2D eigenvalue weighted by molar-refractivity contribution is -0.172. The number of alkyl halides is 6. The van der Waals surface area contributed by atoms with Crippen LogP contribution in [0.1, 0.15) is 67.4 Å². The highest BCUT2D eigenvalue weighted by molar-refractivity contribution is 6.06. The number of ketones is 2. The van der Waals surface area contributed by atoms with Gasteiger partial charge in [-0.2, -0.15) is 26.3 Å². The molecule has 2 unspecified atom stereocenters. The average molecular weight is 969 g/mol. The van der Waals surface area contributed by atoms with E-state index in [1.165, 1.54) is 28.1 Å². The number of nitrogens with two attached hydrogens (primary N) is 1. The van der Waals surface area contributed by atoms with Gasteiger partial charge < -0.3 is 25.6 Å². The number of hydrogen-bond donors (Lipinski definition) is 4. The number of halogens is 6. The number of aromatic nitrogens is 4. The first-order chi connectivity index (χ1) is 32.6. The maximum absolute atomic E-state index is 13.7. The van der Waals surface area contributed by atoms with Crippen molar-refractivity contribution in [1.29, 1.82) is 0 Å². The lowest BCUT2D eigenvalue weighted by atomic mass is 9.99. The second-order valence-corrected chi connectivity index (χ2v) is 17.7. The van der Waals surface area contributed by atoms with E-state index in [0.29, 0.717) is 62.0 Å². The maximum Gasteiger partial charge on any atom is 0.407 e. The van der Waals surface area contributed by atoms with E-state index in [1.807, 2.05) is 9.80 Å². The number of nitrogens with zero attached hydrogens (tertiary/aromatic N) is 8. The first kappa shape index (κ1) is 49.8. The van der Waals surface area contributed by atoms with E-state index in [1.54, 1.807) is 75.5 Å². The molecule has 0 aromatic carbocycles. The number of amides is 5. The average Bonchev–Trinajstić information content (AvgIpc) is 3.91. The Labute approximate surface area is 392 Å². The van der Waals surface area contributed by atoms with Crippen LogP contribution >= 0.6 is 0 Å². The van der Waals surface area contributed by atoms with Crippen molar-refractivity contribution in [3.05, 3.63) is 84.4 Å². The first-order valence-electron chi connectivity index (χ1n) is 22.0. The van der Waals surface area contributed by atoms with Crippen LogP contribution in [0.4, 0.5) is 75.4 Å². The summed E-state index contributed by atoms with van der Waals surface area (Å²) in [4.78, 5) is 87.4. The highest BCUT2D eigenvalue weighted by Gasteiger charge is 2.45. The van der Waals surface area contributed by atoms with Crippen molar-refractivity contribution in [3.8, 4) is 0 Å². The summed E-state index contributed by atoms with van der Waals surface area (Å²) in [7, 11) is 0. The summed E-state index contributed by atoms with van der Waals surface area (Å²) in [6.45, 7) is 5.81. The number of pyridine rings is 4. The predicted molar refractivity (Wildman–Crippen MR) is 241 cm³/mol. The normalized spacial score (nSPS) is 17.9. The molecule has 0 radical (unpaired) electrons. The topological polar surface area (TPSA) is 221 Å². The zero-order valence-corrected chi connectivity index (χ0v) is 37.7. The van der Waals surface area contributed by atoms with E-state index in [9.17, 15) is 50.3 Å². The summed E-state index contributed by atoms with van der Waals surface area (Å²) >= 11 is 0. The Bertz CT molecular complexity index is 2530. The van der Waals surface area contributed by atoms with Crippen molar-refractivity contribution < 1.29 is 55.1 Å². The summed E-state index contributed by atoms with van der Waals surface area (Å²) in [5, 5.41) is 7.51. The molecule has 18 nitrogen and oxygen atoms in total. The summed E-state index contributed by atoms with van der Waals surface area (Å²) < 4.78 is 85.2. The second kappa shape index (κ2) is 20.2. The summed E-state index contributed by atoms with van der Waals surface area (Å²) in [6, 6.07) is 14.8. The van der Waals surface area contributed by atoms with Crippen LogP contribution < -0.4 is 41.3 Å². The van der Waals surface area contributed by atoms with Gasteiger partial charge in [0.05, 0.1) is 35.3 Å². The predicted octanol–water partition coefficient (Wildman–Crippen LogP) is 7.20. The van der Waals surface area contributed by atoms with Crippen LogP contribution in [0.2, 0.25) is 0 Å². The van der Waals surface area contributed by atoms with Crippen LogP contribution in [0, 0.1) is 11.8 Å². The SMILES string of the molecule is CC(C)(C)OC(=O)NCC(CC(=O)c1ccc2c(n1)N(C(=O)Nc1ccccn1)[C@H]1CCN2C1)C(F)(F)F.NCC(CC(=O)c1ccc2c(n1)N(C(=O)Nc1ccccn1)[C@H]1CCN2C1)C(F)(F)F. The van der Waals surface area contributed by atoms with Gasteiger partial charge in [0.15, 0.2) is 23.2 Å². The van der Waals surface area contributed by atoms with Crippen LogP contribution in [0.15, 0.2) is 73.1 Å². The van der Waals surface area contributed by atoms with Crippen LogP contribution in [0.25, 0.3) is 0 Å². The minimum absolute atomic E-state index is 0.125. The summed E-state index contributed by atoms with van der Waals surface area (Å²) in [5.41, 5.74) is 5.28. The molecule has 4 aromatic rings. The molecule has 24 heteroatoms. The standard InChI is InChI=1S/C25H29F3N6O4.C20H21F3N6O2/c1-24(2,3)38-23(37)30-13-15(25(26,27)28)12-19(35)17-7-8-18-21(31-17)34(16-9-11-33(18)14-16)22(36)32-20-6-4-5-10-29-20;21-20(22,23)12(10-24)9-16(30)14-4-5-15-18(26-14)29(13-6-8-28(15)11-13)19(31)27-17-3-1-2-7-25-17/h4-8,10,15-16H,9,11-14H2,1-3H3,(H,30,37)(H,29,32,36);1-5,7,12-13H,6,8-11,24H2,(H,25,27,31)/t15?,16-;12?,13-/m00/s1. The van der Waals surface area contributed by atoms with Gasteiger partial charge in [0.1, 0.15) is 28.6 Å². The van der Waals surface area contributed by atoms with Gasteiger partial charge in [0.2, 0.25) is 0 Å². The van der Waals surface area contributed by atoms with E-state index in [0.717, 1.165) is 0 Å². The van der Waals surface area contributed by atoms with Gasteiger partial charge in [0, 0.05) is 64.5 Å². The molecule has 4 bridgehead atoms. The van der Waals surface area contributed by atoms with Gasteiger partial charge in [-0.1, -0.05) is 12.1 Å². The molecule has 8 rings (SSSR count). The molecule has 0 spiro atoms. The monoisotopic (exact) mass is 968 g/mol. The van der Waals surface area contributed by atoms with Crippen LogP contribution in [0.3, 0.4) is 0 Å². The van der Waals surface area contributed by atoms with Crippen molar-refractivity contribution in [2.75, 3.05) is 69.5 Å². The molecule has 5 N–H and O–H groups in total.